The van der Waals surface area contributed by atoms with Gasteiger partial charge >= 0.3 is 0 Å². The highest BCUT2D eigenvalue weighted by Crippen LogP contribution is 2.44. The van der Waals surface area contributed by atoms with Gasteiger partial charge in [-0.15, -0.1) is 0 Å². The average Bonchev–Trinajstić information content (AvgIpc) is 2.94. The second kappa shape index (κ2) is 7.31. The Kier molecular flexibility index (Phi) is 4.82. The van der Waals surface area contributed by atoms with E-state index in [0.29, 0.717) is 22.5 Å². The number of anilines is 2. The molecule has 3 aromatic rings. The smallest absolute Gasteiger partial charge is 0.268 e. The van der Waals surface area contributed by atoms with E-state index in [1.165, 1.54) is 17.0 Å². The fraction of sp³-hybridized carbons (Fsp3) is 0.0909. The van der Waals surface area contributed by atoms with Crippen molar-refractivity contribution in [2.24, 2.45) is 0 Å². The molecular formula is C22H16ClFN2O3. The number of aliphatic hydroxyl groups is 1. The Morgan fingerprint density at radius 2 is 1.76 bits per heavy atom. The number of carbonyl (C=O) groups excluding carboxylic acids is 2. The van der Waals surface area contributed by atoms with Crippen molar-refractivity contribution in [3.63, 3.8) is 0 Å². The van der Waals surface area contributed by atoms with Crippen LogP contribution in [0.1, 0.15) is 11.1 Å². The monoisotopic (exact) mass is 410 g/mol. The Morgan fingerprint density at radius 1 is 1.07 bits per heavy atom. The summed E-state index contributed by atoms with van der Waals surface area (Å²) >= 11 is 5.74. The second-order valence-corrected chi connectivity index (χ2v) is 7.07. The lowest BCUT2D eigenvalue weighted by Crippen LogP contribution is -2.44. The van der Waals surface area contributed by atoms with Crippen LogP contribution in [0.15, 0.2) is 72.8 Å². The molecule has 1 aliphatic rings. The Labute approximate surface area is 171 Å². The maximum absolute atomic E-state index is 13.3. The molecule has 7 heteroatoms. The van der Waals surface area contributed by atoms with Gasteiger partial charge in [0.25, 0.3) is 5.91 Å². The van der Waals surface area contributed by atoms with Crippen LogP contribution in [-0.4, -0.2) is 23.5 Å². The second-order valence-electron chi connectivity index (χ2n) is 6.66. The third-order valence-electron chi connectivity index (χ3n) is 4.84. The number of carbonyl (C=O) groups is 2. The van der Waals surface area contributed by atoms with E-state index in [9.17, 15) is 19.1 Å². The zero-order valence-electron chi connectivity index (χ0n) is 15.1. The predicted molar refractivity (Wildman–Crippen MR) is 108 cm³/mol. The summed E-state index contributed by atoms with van der Waals surface area (Å²) in [4.78, 5) is 27.0. The maximum Gasteiger partial charge on any atom is 0.268 e. The molecular weight excluding hydrogens is 395 g/mol. The molecule has 3 aromatic carbocycles. The number of fused-ring (bicyclic) bond motifs is 1. The molecule has 2 N–H and O–H groups in total. The topological polar surface area (TPSA) is 69.6 Å². The zero-order valence-corrected chi connectivity index (χ0v) is 15.9. The number of rotatable bonds is 4. The number of hydrogen-bond donors (Lipinski definition) is 2. The number of halogens is 2. The molecule has 0 bridgehead atoms. The largest absolute Gasteiger partial charge is 0.372 e. The summed E-state index contributed by atoms with van der Waals surface area (Å²) in [6.07, 6.45) is 0. The van der Waals surface area contributed by atoms with E-state index in [1.54, 1.807) is 54.6 Å². The minimum absolute atomic E-state index is 0.121. The van der Waals surface area contributed by atoms with E-state index in [0.717, 1.165) is 6.07 Å². The summed E-state index contributed by atoms with van der Waals surface area (Å²) in [5, 5.41) is 13.8. The molecule has 1 unspecified atom stereocenters. The molecule has 0 aliphatic carbocycles. The molecule has 5 nitrogen and oxygen atoms in total. The number of benzene rings is 3. The molecule has 2 amide bonds. The highest BCUT2D eigenvalue weighted by molar-refractivity contribution is 6.31. The Balaban J connectivity index is 1.63. The van der Waals surface area contributed by atoms with Crippen molar-refractivity contribution in [3.8, 4) is 0 Å². The highest BCUT2D eigenvalue weighted by Gasteiger charge is 2.51. The lowest BCUT2D eigenvalue weighted by molar-refractivity contribution is -0.133. The summed E-state index contributed by atoms with van der Waals surface area (Å²) < 4.78 is 13.3. The van der Waals surface area contributed by atoms with Crippen LogP contribution in [0, 0.1) is 5.82 Å². The normalized spacial score (nSPS) is 17.9. The minimum atomic E-state index is -1.88. The van der Waals surface area contributed by atoms with Gasteiger partial charge in [0.1, 0.15) is 12.4 Å². The highest BCUT2D eigenvalue weighted by atomic mass is 35.5. The molecule has 29 heavy (non-hydrogen) atoms. The van der Waals surface area contributed by atoms with Gasteiger partial charge in [0.15, 0.2) is 5.60 Å². The predicted octanol–water partition coefficient (Wildman–Crippen LogP) is 3.70. The first-order valence-electron chi connectivity index (χ1n) is 8.85. The van der Waals surface area contributed by atoms with Crippen LogP contribution in [-0.2, 0) is 15.2 Å². The van der Waals surface area contributed by atoms with Crippen molar-refractivity contribution in [1.82, 2.24) is 0 Å². The number of amides is 2. The molecule has 1 atom stereocenters. The minimum Gasteiger partial charge on any atom is -0.372 e. The van der Waals surface area contributed by atoms with Crippen LogP contribution in [0.2, 0.25) is 5.02 Å². The molecule has 4 rings (SSSR count). The van der Waals surface area contributed by atoms with Crippen LogP contribution < -0.4 is 10.2 Å². The first kappa shape index (κ1) is 19.1. The van der Waals surface area contributed by atoms with Crippen molar-refractivity contribution in [2.45, 2.75) is 5.60 Å². The summed E-state index contributed by atoms with van der Waals surface area (Å²) in [5.74, 6) is -1.72. The molecule has 0 fully saturated rings. The van der Waals surface area contributed by atoms with Crippen LogP contribution in [0.4, 0.5) is 15.8 Å². The maximum atomic E-state index is 13.3. The van der Waals surface area contributed by atoms with E-state index >= 15 is 0 Å². The van der Waals surface area contributed by atoms with E-state index in [2.05, 4.69) is 5.32 Å². The molecule has 0 radical (unpaired) electrons. The van der Waals surface area contributed by atoms with Gasteiger partial charge in [0.05, 0.1) is 10.7 Å². The van der Waals surface area contributed by atoms with Crippen molar-refractivity contribution < 1.29 is 19.1 Å². The van der Waals surface area contributed by atoms with Gasteiger partial charge < -0.3 is 10.4 Å². The first-order valence-corrected chi connectivity index (χ1v) is 9.23. The standard InChI is InChI=1S/C22H16ClFN2O3/c23-17-12-15(10-11-18(17)24)25-20(27)13-26-19-9-5-4-8-16(19)22(29,21(26)28)14-6-2-1-3-7-14/h1-12,29H,13H2,(H,25,27). The summed E-state index contributed by atoms with van der Waals surface area (Å²) in [6, 6.07) is 19.2. The van der Waals surface area contributed by atoms with Gasteiger partial charge in [0, 0.05) is 11.3 Å². The van der Waals surface area contributed by atoms with Crippen molar-refractivity contribution in [1.29, 1.82) is 0 Å². The van der Waals surface area contributed by atoms with Gasteiger partial charge in [-0.1, -0.05) is 60.1 Å². The van der Waals surface area contributed by atoms with Crippen LogP contribution >= 0.6 is 11.6 Å². The van der Waals surface area contributed by atoms with E-state index in [-0.39, 0.29) is 11.6 Å². The van der Waals surface area contributed by atoms with E-state index in [1.807, 2.05) is 0 Å². The molecule has 0 saturated heterocycles. The zero-order chi connectivity index (χ0) is 20.6. The third kappa shape index (κ3) is 3.26. The quantitative estimate of drug-likeness (QED) is 0.689. The van der Waals surface area contributed by atoms with Crippen molar-refractivity contribution >= 4 is 34.8 Å². The van der Waals surface area contributed by atoms with Gasteiger partial charge in [-0.05, 0) is 29.8 Å². The first-order chi connectivity index (χ1) is 13.9. The van der Waals surface area contributed by atoms with Crippen LogP contribution in [0.3, 0.4) is 0 Å². The van der Waals surface area contributed by atoms with Crippen LogP contribution in [0.5, 0.6) is 0 Å². The molecule has 0 saturated carbocycles. The Hall–Kier alpha value is -3.22. The van der Waals surface area contributed by atoms with E-state index < -0.39 is 23.2 Å². The van der Waals surface area contributed by atoms with E-state index in [4.69, 9.17) is 11.6 Å². The van der Waals surface area contributed by atoms with Gasteiger partial charge in [-0.25, -0.2) is 4.39 Å². The summed E-state index contributed by atoms with van der Waals surface area (Å²) in [5.41, 5.74) is -0.285. The Bertz CT molecular complexity index is 1110. The molecule has 0 spiro atoms. The summed E-state index contributed by atoms with van der Waals surface area (Å²) in [6.45, 7) is -0.319. The van der Waals surface area contributed by atoms with Crippen LogP contribution in [0.25, 0.3) is 0 Å². The lowest BCUT2D eigenvalue weighted by Gasteiger charge is -2.23. The molecule has 1 heterocycles. The Morgan fingerprint density at radius 3 is 2.48 bits per heavy atom. The molecule has 1 aliphatic heterocycles. The number of hydrogen-bond acceptors (Lipinski definition) is 3. The average molecular weight is 411 g/mol. The summed E-state index contributed by atoms with van der Waals surface area (Å²) in [7, 11) is 0. The van der Waals surface area contributed by atoms with Gasteiger partial charge in [-0.2, -0.15) is 0 Å². The van der Waals surface area contributed by atoms with Crippen molar-refractivity contribution in [2.75, 3.05) is 16.8 Å². The number of para-hydroxylation sites is 1. The SMILES string of the molecule is O=C(CN1C(=O)C(O)(c2ccccc2)c2ccccc21)Nc1ccc(F)c(Cl)c1. The third-order valence-corrected chi connectivity index (χ3v) is 5.13. The fourth-order valence-corrected chi connectivity index (χ4v) is 3.65. The molecule has 146 valence electrons. The number of nitrogens with one attached hydrogen (secondary N) is 1. The lowest BCUT2D eigenvalue weighted by atomic mass is 9.88. The molecule has 0 aromatic heterocycles. The van der Waals surface area contributed by atoms with Gasteiger partial charge in [-0.3, -0.25) is 14.5 Å². The fourth-order valence-electron chi connectivity index (χ4n) is 3.47. The number of nitrogens with zero attached hydrogens (tertiary/aromatic N) is 1. The van der Waals surface area contributed by atoms with Crippen molar-refractivity contribution in [3.05, 3.63) is 94.8 Å². The van der Waals surface area contributed by atoms with Gasteiger partial charge in [0.2, 0.25) is 5.91 Å².